The number of rotatable bonds is 4. The van der Waals surface area contributed by atoms with Crippen LogP contribution in [0.25, 0.3) is 0 Å². The fourth-order valence-electron chi connectivity index (χ4n) is 2.60. The summed E-state index contributed by atoms with van der Waals surface area (Å²) in [4.78, 5) is 10.8. The summed E-state index contributed by atoms with van der Waals surface area (Å²) in [6.07, 6.45) is 4.83. The number of anilines is 3. The lowest BCUT2D eigenvalue weighted by molar-refractivity contribution is 0.0863. The lowest BCUT2D eigenvalue weighted by atomic mass is 10.1. The van der Waals surface area contributed by atoms with Gasteiger partial charge in [0, 0.05) is 26.3 Å². The van der Waals surface area contributed by atoms with Crippen LogP contribution in [0.2, 0.25) is 5.15 Å². The molecule has 23 heavy (non-hydrogen) atoms. The van der Waals surface area contributed by atoms with Crippen LogP contribution in [0.3, 0.4) is 0 Å². The van der Waals surface area contributed by atoms with Crippen molar-refractivity contribution in [2.24, 2.45) is 0 Å². The maximum atomic E-state index is 9.12. The normalized spacial score (nSPS) is 15.2. The molecule has 2 aromatic heterocycles. The third-order valence-electron chi connectivity index (χ3n) is 3.74. The molecule has 3 rings (SSSR count). The van der Waals surface area contributed by atoms with E-state index in [4.69, 9.17) is 21.6 Å². The highest BCUT2D eigenvalue weighted by Gasteiger charge is 2.28. The Labute approximate surface area is 138 Å². The number of aromatic nitrogens is 4. The first-order valence-electron chi connectivity index (χ1n) is 7.25. The van der Waals surface area contributed by atoms with E-state index in [1.165, 1.54) is 6.20 Å². The number of hydrogen-bond acceptors (Lipinski definition) is 7. The van der Waals surface area contributed by atoms with E-state index < -0.39 is 0 Å². The summed E-state index contributed by atoms with van der Waals surface area (Å²) < 4.78 is 5.44. The Morgan fingerprint density at radius 3 is 2.83 bits per heavy atom. The average molecular weight is 334 g/mol. The molecule has 8 nitrogen and oxygen atoms in total. The fourth-order valence-corrected chi connectivity index (χ4v) is 2.79. The molecule has 0 saturated carbocycles. The van der Waals surface area contributed by atoms with Crippen molar-refractivity contribution < 1.29 is 4.74 Å². The molecule has 1 saturated heterocycles. The zero-order valence-electron chi connectivity index (χ0n) is 12.6. The Hall–Kier alpha value is -2.37. The molecule has 0 spiro atoms. The zero-order valence-corrected chi connectivity index (χ0v) is 13.3. The maximum Gasteiger partial charge on any atom is 0.232 e. The van der Waals surface area contributed by atoms with E-state index >= 15 is 0 Å². The molecule has 0 atom stereocenters. The lowest BCUT2D eigenvalue weighted by Crippen LogP contribution is -2.37. The smallest absolute Gasteiger partial charge is 0.232 e. The Morgan fingerprint density at radius 1 is 1.43 bits per heavy atom. The van der Waals surface area contributed by atoms with Crippen LogP contribution >= 0.6 is 11.6 Å². The quantitative estimate of drug-likeness (QED) is 0.882. The van der Waals surface area contributed by atoms with Crippen LogP contribution in [0.1, 0.15) is 18.4 Å². The van der Waals surface area contributed by atoms with Crippen molar-refractivity contribution in [3.63, 3.8) is 0 Å². The minimum atomic E-state index is 0.150. The Bertz CT molecular complexity index is 720. The second-order valence-corrected chi connectivity index (χ2v) is 5.45. The van der Waals surface area contributed by atoms with Gasteiger partial charge in [-0.2, -0.15) is 15.3 Å². The number of halogens is 1. The second-order valence-electron chi connectivity index (χ2n) is 5.08. The molecule has 0 aliphatic carbocycles. The van der Waals surface area contributed by atoms with Crippen LogP contribution in [0, 0.1) is 11.3 Å². The number of hydrogen-bond donors (Lipinski definition) is 2. The Morgan fingerprint density at radius 2 is 2.22 bits per heavy atom. The minimum Gasteiger partial charge on any atom is -0.381 e. The molecule has 2 aromatic rings. The van der Waals surface area contributed by atoms with Gasteiger partial charge in [-0.15, -0.1) is 0 Å². The predicted molar refractivity (Wildman–Crippen MR) is 85.9 cm³/mol. The molecule has 0 aromatic carbocycles. The molecule has 1 fully saturated rings. The monoisotopic (exact) mass is 333 g/mol. The predicted octanol–water partition coefficient (Wildman–Crippen LogP) is 2.08. The molecule has 1 aliphatic heterocycles. The fraction of sp³-hybridized carbons (Fsp3) is 0.429. The van der Waals surface area contributed by atoms with E-state index in [-0.39, 0.29) is 6.04 Å². The molecule has 0 radical (unpaired) electrons. The van der Waals surface area contributed by atoms with Gasteiger partial charge in [0.1, 0.15) is 28.3 Å². The SMILES string of the molecule is CNc1nc(N(c2cn[nH]c2Cl)C2CCOCC2)ncc1C#N. The van der Waals surface area contributed by atoms with Crippen LogP contribution in [-0.4, -0.2) is 46.5 Å². The number of ether oxygens (including phenoxy) is 1. The van der Waals surface area contributed by atoms with Crippen molar-refractivity contribution in [1.29, 1.82) is 5.26 Å². The van der Waals surface area contributed by atoms with Gasteiger partial charge in [0.05, 0.1) is 12.4 Å². The van der Waals surface area contributed by atoms with Crippen LogP contribution in [0.4, 0.5) is 17.5 Å². The first-order chi connectivity index (χ1) is 11.2. The third kappa shape index (κ3) is 3.06. The highest BCUT2D eigenvalue weighted by molar-refractivity contribution is 6.32. The van der Waals surface area contributed by atoms with Crippen molar-refractivity contribution in [3.8, 4) is 6.07 Å². The van der Waals surface area contributed by atoms with Gasteiger partial charge < -0.3 is 15.0 Å². The van der Waals surface area contributed by atoms with E-state index in [9.17, 15) is 0 Å². The van der Waals surface area contributed by atoms with Crippen molar-refractivity contribution in [2.45, 2.75) is 18.9 Å². The molecule has 0 bridgehead atoms. The van der Waals surface area contributed by atoms with Gasteiger partial charge in [-0.25, -0.2) is 4.98 Å². The number of nitrogens with one attached hydrogen (secondary N) is 2. The van der Waals surface area contributed by atoms with Crippen LogP contribution in [0.15, 0.2) is 12.4 Å². The number of nitrogens with zero attached hydrogens (tertiary/aromatic N) is 5. The van der Waals surface area contributed by atoms with E-state index in [2.05, 4.69) is 31.6 Å². The molecule has 2 N–H and O–H groups in total. The summed E-state index contributed by atoms with van der Waals surface area (Å²) in [6, 6.07) is 2.22. The lowest BCUT2D eigenvalue weighted by Gasteiger charge is -2.33. The van der Waals surface area contributed by atoms with Crippen molar-refractivity contribution in [3.05, 3.63) is 23.1 Å². The number of aromatic amines is 1. The highest BCUT2D eigenvalue weighted by atomic mass is 35.5. The number of nitriles is 1. The van der Waals surface area contributed by atoms with Crippen LogP contribution < -0.4 is 10.2 Å². The average Bonchev–Trinajstić information content (AvgIpc) is 3.02. The first kappa shape index (κ1) is 15.5. The van der Waals surface area contributed by atoms with Gasteiger partial charge in [-0.05, 0) is 12.8 Å². The van der Waals surface area contributed by atoms with E-state index in [1.807, 2.05) is 4.90 Å². The molecule has 120 valence electrons. The van der Waals surface area contributed by atoms with Crippen molar-refractivity contribution in [2.75, 3.05) is 30.5 Å². The largest absolute Gasteiger partial charge is 0.381 e. The zero-order chi connectivity index (χ0) is 16.2. The van der Waals surface area contributed by atoms with E-state index in [1.54, 1.807) is 13.2 Å². The van der Waals surface area contributed by atoms with E-state index in [0.29, 0.717) is 41.4 Å². The molecule has 9 heteroatoms. The van der Waals surface area contributed by atoms with Crippen molar-refractivity contribution in [1.82, 2.24) is 20.2 Å². The Kier molecular flexibility index (Phi) is 4.60. The summed E-state index contributed by atoms with van der Waals surface area (Å²) in [7, 11) is 1.72. The minimum absolute atomic E-state index is 0.150. The summed E-state index contributed by atoms with van der Waals surface area (Å²) >= 11 is 6.22. The van der Waals surface area contributed by atoms with Gasteiger partial charge in [-0.3, -0.25) is 5.10 Å². The molecule has 0 unspecified atom stereocenters. The third-order valence-corrected chi connectivity index (χ3v) is 4.02. The van der Waals surface area contributed by atoms with Crippen LogP contribution in [-0.2, 0) is 4.74 Å². The Balaban J connectivity index is 2.05. The van der Waals surface area contributed by atoms with Crippen LogP contribution in [0.5, 0.6) is 0 Å². The second kappa shape index (κ2) is 6.81. The van der Waals surface area contributed by atoms with Gasteiger partial charge in [0.25, 0.3) is 0 Å². The molecular weight excluding hydrogens is 318 g/mol. The molecule has 0 amide bonds. The van der Waals surface area contributed by atoms with Gasteiger partial charge >= 0.3 is 0 Å². The van der Waals surface area contributed by atoms with Gasteiger partial charge in [0.2, 0.25) is 5.95 Å². The summed E-state index contributed by atoms with van der Waals surface area (Å²) in [6.45, 7) is 1.34. The molecule has 1 aliphatic rings. The first-order valence-corrected chi connectivity index (χ1v) is 7.63. The summed E-state index contributed by atoms with van der Waals surface area (Å²) in [5.41, 5.74) is 1.10. The molecule has 3 heterocycles. The van der Waals surface area contributed by atoms with Crippen molar-refractivity contribution >= 4 is 29.1 Å². The molecular formula is C14H16ClN7O. The topological polar surface area (TPSA) is 103 Å². The summed E-state index contributed by atoms with van der Waals surface area (Å²) in [5, 5.41) is 19.2. The van der Waals surface area contributed by atoms with E-state index in [0.717, 1.165) is 12.8 Å². The standard InChI is InChI=1S/C14H16ClN7O/c1-17-13-9(6-16)7-18-14(20-13)22(10-2-4-23-5-3-10)11-8-19-21-12(11)15/h7-8,10H,2-5H2,1H3,(H,19,21)(H,17,18,20). The summed E-state index contributed by atoms with van der Waals surface area (Å²) in [5.74, 6) is 0.956. The maximum absolute atomic E-state index is 9.12. The number of H-pyrrole nitrogens is 1. The highest BCUT2D eigenvalue weighted by Crippen LogP contribution is 2.33. The van der Waals surface area contributed by atoms with Gasteiger partial charge in [0.15, 0.2) is 0 Å². The van der Waals surface area contributed by atoms with Gasteiger partial charge in [-0.1, -0.05) is 11.6 Å².